The number of aromatic nitrogens is 1. The Balaban J connectivity index is 0.00000180. The highest BCUT2D eigenvalue weighted by Crippen LogP contribution is 2.24. The number of carbonyl (C=O) groups is 1. The molecule has 0 radical (unpaired) electrons. The van der Waals surface area contributed by atoms with Gasteiger partial charge in [0.2, 0.25) is 5.91 Å². The molecule has 1 saturated heterocycles. The van der Waals surface area contributed by atoms with E-state index in [1.165, 1.54) is 0 Å². The van der Waals surface area contributed by atoms with Crippen LogP contribution in [0.3, 0.4) is 0 Å². The second kappa shape index (κ2) is 9.52. The smallest absolute Gasteiger partial charge is 0.222 e. The van der Waals surface area contributed by atoms with Crippen LogP contribution in [0.4, 0.5) is 0 Å². The highest BCUT2D eigenvalue weighted by Gasteiger charge is 2.26. The first-order valence-electron chi connectivity index (χ1n) is 6.21. The maximum Gasteiger partial charge on any atom is 0.222 e. The van der Waals surface area contributed by atoms with E-state index in [2.05, 4.69) is 4.98 Å². The summed E-state index contributed by atoms with van der Waals surface area (Å²) < 4.78 is 5.66. The van der Waals surface area contributed by atoms with Crippen molar-refractivity contribution in [3.8, 4) is 0 Å². The van der Waals surface area contributed by atoms with Crippen molar-refractivity contribution in [3.63, 3.8) is 0 Å². The van der Waals surface area contributed by atoms with Gasteiger partial charge in [0.15, 0.2) is 0 Å². The van der Waals surface area contributed by atoms with Gasteiger partial charge in [-0.25, -0.2) is 4.98 Å². The number of nitrogens with two attached hydrogens (primary N) is 1. The molecule has 20 heavy (non-hydrogen) atoms. The van der Waals surface area contributed by atoms with Crippen LogP contribution in [-0.2, 0) is 9.53 Å². The van der Waals surface area contributed by atoms with Crippen molar-refractivity contribution >= 4 is 42.1 Å². The number of amides is 1. The summed E-state index contributed by atoms with van der Waals surface area (Å²) in [5, 5.41) is 2.87. The number of hydrogen-bond acceptors (Lipinski definition) is 5. The number of rotatable bonds is 4. The zero-order chi connectivity index (χ0) is 13.0. The molecule has 2 heterocycles. The topological polar surface area (TPSA) is 68.5 Å². The molecule has 1 fully saturated rings. The Labute approximate surface area is 135 Å². The third-order valence-corrected chi connectivity index (χ3v) is 3.83. The molecule has 5 nitrogen and oxygen atoms in total. The molecule has 0 aliphatic carbocycles. The minimum Gasteiger partial charge on any atom is -0.367 e. The monoisotopic (exact) mass is 341 g/mol. The second-order valence-electron chi connectivity index (χ2n) is 4.59. The van der Waals surface area contributed by atoms with Crippen LogP contribution in [0, 0.1) is 0 Å². The first-order chi connectivity index (χ1) is 8.66. The normalized spacial score (nSPS) is 19.7. The van der Waals surface area contributed by atoms with Gasteiger partial charge in [0.05, 0.1) is 13.2 Å². The van der Waals surface area contributed by atoms with Gasteiger partial charge in [-0.1, -0.05) is 0 Å². The van der Waals surface area contributed by atoms with E-state index in [1.54, 1.807) is 17.5 Å². The molecule has 2 N–H and O–H groups in total. The molecular weight excluding hydrogens is 321 g/mol. The van der Waals surface area contributed by atoms with Crippen molar-refractivity contribution in [2.45, 2.75) is 31.9 Å². The minimum absolute atomic E-state index is 0. The summed E-state index contributed by atoms with van der Waals surface area (Å²) in [6.07, 6.45) is 2.94. The van der Waals surface area contributed by atoms with Crippen LogP contribution < -0.4 is 5.73 Å². The maximum absolute atomic E-state index is 12.0. The fourth-order valence-corrected chi connectivity index (χ4v) is 2.61. The summed E-state index contributed by atoms with van der Waals surface area (Å²) in [6.45, 7) is 3.77. The van der Waals surface area contributed by atoms with Gasteiger partial charge in [-0.2, -0.15) is 0 Å². The highest BCUT2D eigenvalue weighted by atomic mass is 35.5. The highest BCUT2D eigenvalue weighted by molar-refractivity contribution is 7.09. The van der Waals surface area contributed by atoms with Gasteiger partial charge in [-0.15, -0.1) is 36.2 Å². The van der Waals surface area contributed by atoms with Crippen LogP contribution in [-0.4, -0.2) is 41.5 Å². The van der Waals surface area contributed by atoms with Crippen molar-refractivity contribution in [1.82, 2.24) is 9.88 Å². The van der Waals surface area contributed by atoms with Crippen LogP contribution in [0.5, 0.6) is 0 Å². The summed E-state index contributed by atoms with van der Waals surface area (Å²) in [4.78, 5) is 18.1. The van der Waals surface area contributed by atoms with E-state index in [0.29, 0.717) is 26.1 Å². The Morgan fingerprint density at radius 1 is 1.65 bits per heavy atom. The van der Waals surface area contributed by atoms with Gasteiger partial charge in [0.1, 0.15) is 11.1 Å². The van der Waals surface area contributed by atoms with Gasteiger partial charge in [0, 0.05) is 30.6 Å². The number of hydrogen-bond donors (Lipinski definition) is 1. The molecule has 0 spiro atoms. The Morgan fingerprint density at radius 2 is 2.40 bits per heavy atom. The lowest BCUT2D eigenvalue weighted by atomic mass is 10.1. The van der Waals surface area contributed by atoms with E-state index in [0.717, 1.165) is 11.4 Å². The average Bonchev–Trinajstić information content (AvgIpc) is 2.90. The number of halogens is 2. The van der Waals surface area contributed by atoms with Crippen molar-refractivity contribution in [2.75, 3.05) is 19.7 Å². The predicted octanol–water partition coefficient (Wildman–Crippen LogP) is 2.01. The van der Waals surface area contributed by atoms with E-state index >= 15 is 0 Å². The summed E-state index contributed by atoms with van der Waals surface area (Å²) in [5.74, 6) is 0.164. The van der Waals surface area contributed by atoms with E-state index in [-0.39, 0.29) is 42.9 Å². The van der Waals surface area contributed by atoms with Crippen molar-refractivity contribution < 1.29 is 9.53 Å². The van der Waals surface area contributed by atoms with Gasteiger partial charge in [-0.05, 0) is 13.3 Å². The van der Waals surface area contributed by atoms with Gasteiger partial charge in [-0.3, -0.25) is 4.79 Å². The molecule has 8 heteroatoms. The van der Waals surface area contributed by atoms with Crippen molar-refractivity contribution in [2.24, 2.45) is 5.73 Å². The average molecular weight is 342 g/mol. The van der Waals surface area contributed by atoms with Crippen LogP contribution in [0.15, 0.2) is 11.6 Å². The third-order valence-electron chi connectivity index (χ3n) is 2.96. The van der Waals surface area contributed by atoms with E-state index in [9.17, 15) is 4.79 Å². The SMILES string of the molecule is CC(N)CCC(=O)N1CCOC(c2nccs2)C1.Cl.Cl. The van der Waals surface area contributed by atoms with Crippen LogP contribution in [0.2, 0.25) is 0 Å². The minimum atomic E-state index is -0.0713. The zero-order valence-corrected chi connectivity index (χ0v) is 13.8. The van der Waals surface area contributed by atoms with Crippen LogP contribution in [0.25, 0.3) is 0 Å². The fraction of sp³-hybridized carbons (Fsp3) is 0.667. The lowest BCUT2D eigenvalue weighted by molar-refractivity contribution is -0.139. The lowest BCUT2D eigenvalue weighted by Gasteiger charge is -2.32. The standard InChI is InChI=1S/C12H19N3O2S.2ClH/c1-9(13)2-3-11(16)15-5-6-17-10(8-15)12-14-4-7-18-12;;/h4,7,9-10H,2-3,5-6,8,13H2,1H3;2*1H. The number of thiazole rings is 1. The molecular formula is C12H21Cl2N3O2S. The van der Waals surface area contributed by atoms with Gasteiger partial charge in [0.25, 0.3) is 0 Å². The molecule has 0 aromatic carbocycles. The summed E-state index contributed by atoms with van der Waals surface area (Å²) >= 11 is 1.57. The first-order valence-corrected chi connectivity index (χ1v) is 7.09. The largest absolute Gasteiger partial charge is 0.367 e. The molecule has 1 aliphatic heterocycles. The molecule has 1 aliphatic rings. The number of morpholine rings is 1. The lowest BCUT2D eigenvalue weighted by Crippen LogP contribution is -2.42. The Morgan fingerprint density at radius 3 is 3.00 bits per heavy atom. The number of ether oxygens (including phenoxy) is 1. The molecule has 116 valence electrons. The summed E-state index contributed by atoms with van der Waals surface area (Å²) in [6, 6.07) is 0.0738. The van der Waals surface area contributed by atoms with E-state index in [1.807, 2.05) is 17.2 Å². The molecule has 1 amide bonds. The predicted molar refractivity (Wildman–Crippen MR) is 84.8 cm³/mol. The van der Waals surface area contributed by atoms with Crippen molar-refractivity contribution in [1.29, 1.82) is 0 Å². The Kier molecular flexibility index (Phi) is 9.33. The van der Waals surface area contributed by atoms with Gasteiger partial charge >= 0.3 is 0 Å². The second-order valence-corrected chi connectivity index (χ2v) is 5.51. The molecule has 2 unspecified atom stereocenters. The first kappa shape index (κ1) is 19.6. The Hall–Kier alpha value is -0.400. The quantitative estimate of drug-likeness (QED) is 0.909. The molecule has 1 aromatic heterocycles. The van der Waals surface area contributed by atoms with Gasteiger partial charge < -0.3 is 15.4 Å². The number of carbonyl (C=O) groups excluding carboxylic acids is 1. The maximum atomic E-state index is 12.0. The van der Waals surface area contributed by atoms with Crippen LogP contribution in [0.1, 0.15) is 30.9 Å². The molecule has 2 atom stereocenters. The molecule has 2 rings (SSSR count). The summed E-state index contributed by atoms with van der Waals surface area (Å²) in [7, 11) is 0. The summed E-state index contributed by atoms with van der Waals surface area (Å²) in [5.41, 5.74) is 5.67. The number of nitrogens with zero attached hydrogens (tertiary/aromatic N) is 2. The Bertz CT molecular complexity index is 390. The molecule has 1 aromatic rings. The van der Waals surface area contributed by atoms with Crippen LogP contribution >= 0.6 is 36.2 Å². The van der Waals surface area contributed by atoms with E-state index < -0.39 is 0 Å². The van der Waals surface area contributed by atoms with E-state index in [4.69, 9.17) is 10.5 Å². The van der Waals surface area contributed by atoms with Crippen molar-refractivity contribution in [3.05, 3.63) is 16.6 Å². The molecule has 0 saturated carbocycles. The third kappa shape index (κ3) is 5.54. The molecule has 0 bridgehead atoms. The fourth-order valence-electron chi connectivity index (χ4n) is 1.93. The zero-order valence-electron chi connectivity index (χ0n) is 11.4.